The smallest absolute Gasteiger partial charge is 0.338 e. The number of ether oxygens (including phenoxy) is 2. The zero-order chi connectivity index (χ0) is 36.8. The largest absolute Gasteiger partial charge is 0.493 e. The van der Waals surface area contributed by atoms with Crippen molar-refractivity contribution in [1.29, 1.82) is 0 Å². The van der Waals surface area contributed by atoms with Gasteiger partial charge in [0.05, 0.1) is 29.5 Å². The standard InChI is InChI=1S/C38H41ClFN7O5/c1-4-51-37(50)25-8-10-26(11-9-25)43-36(49)35-27-6-5-7-32(52-21-18-24-16-19-41-20-17-24)29(27)22-38(2,3)47(35)33(48)15-12-28-31(46-23-42-44-45-46)14-13-30(39)34(28)40/h5-15,23-24,35,41H,4,16-22H2,1-3H3,(H,43,49). The molecule has 1 fully saturated rings. The molecule has 6 rings (SSSR count). The maximum Gasteiger partial charge on any atom is 0.338 e. The number of nitrogens with zero attached hydrogens (tertiary/aromatic N) is 5. The molecular weight excluding hydrogens is 689 g/mol. The van der Waals surface area contributed by atoms with E-state index in [9.17, 15) is 14.4 Å². The van der Waals surface area contributed by atoms with Crippen molar-refractivity contribution in [3.8, 4) is 11.4 Å². The molecule has 0 spiro atoms. The van der Waals surface area contributed by atoms with Crippen LogP contribution in [0.15, 0.2) is 67.0 Å². The van der Waals surface area contributed by atoms with Crippen LogP contribution >= 0.6 is 11.6 Å². The Hall–Kier alpha value is -5.14. The molecule has 14 heteroatoms. The zero-order valence-corrected chi connectivity index (χ0v) is 30.0. The Bertz CT molecular complexity index is 1950. The van der Waals surface area contributed by atoms with Crippen molar-refractivity contribution in [2.45, 2.75) is 58.0 Å². The number of fused-ring (bicyclic) bond motifs is 1. The summed E-state index contributed by atoms with van der Waals surface area (Å²) in [6.45, 7) is 8.27. The van der Waals surface area contributed by atoms with Crippen LogP contribution in [0.25, 0.3) is 11.8 Å². The Balaban J connectivity index is 1.34. The highest BCUT2D eigenvalue weighted by atomic mass is 35.5. The third-order valence-electron chi connectivity index (χ3n) is 9.47. The quantitative estimate of drug-likeness (QED) is 0.141. The Morgan fingerprint density at radius 2 is 1.87 bits per heavy atom. The fraction of sp³-hybridized carbons (Fsp3) is 0.368. The molecule has 0 radical (unpaired) electrons. The molecule has 1 unspecified atom stereocenters. The van der Waals surface area contributed by atoms with Gasteiger partial charge in [-0.25, -0.2) is 9.18 Å². The average molecular weight is 730 g/mol. The van der Waals surface area contributed by atoms with E-state index in [1.165, 1.54) is 34.1 Å². The Morgan fingerprint density at radius 3 is 2.58 bits per heavy atom. The van der Waals surface area contributed by atoms with Crippen LogP contribution in [0.2, 0.25) is 5.02 Å². The van der Waals surface area contributed by atoms with Crippen molar-refractivity contribution in [3.63, 3.8) is 0 Å². The number of anilines is 1. The van der Waals surface area contributed by atoms with Gasteiger partial charge in [-0.1, -0.05) is 23.7 Å². The lowest BCUT2D eigenvalue weighted by molar-refractivity contribution is -0.142. The zero-order valence-electron chi connectivity index (χ0n) is 29.3. The highest BCUT2D eigenvalue weighted by Crippen LogP contribution is 2.43. The fourth-order valence-electron chi connectivity index (χ4n) is 6.90. The van der Waals surface area contributed by atoms with Gasteiger partial charge >= 0.3 is 5.97 Å². The minimum Gasteiger partial charge on any atom is -0.493 e. The van der Waals surface area contributed by atoms with Gasteiger partial charge < -0.3 is 25.0 Å². The second-order valence-corrected chi connectivity index (χ2v) is 13.8. The minimum absolute atomic E-state index is 0.00418. The third-order valence-corrected chi connectivity index (χ3v) is 9.77. The minimum atomic E-state index is -1.10. The lowest BCUT2D eigenvalue weighted by Crippen LogP contribution is -2.56. The van der Waals surface area contributed by atoms with Crippen LogP contribution in [0.1, 0.15) is 73.1 Å². The highest BCUT2D eigenvalue weighted by molar-refractivity contribution is 6.31. The predicted molar refractivity (Wildman–Crippen MR) is 194 cm³/mol. The lowest BCUT2D eigenvalue weighted by Gasteiger charge is -2.47. The van der Waals surface area contributed by atoms with Gasteiger partial charge in [-0.15, -0.1) is 5.10 Å². The molecule has 2 N–H and O–H groups in total. The van der Waals surface area contributed by atoms with Crippen LogP contribution in [0.5, 0.6) is 5.75 Å². The van der Waals surface area contributed by atoms with E-state index < -0.39 is 35.2 Å². The van der Waals surface area contributed by atoms with Gasteiger partial charge in [-0.3, -0.25) is 9.59 Å². The Kier molecular flexibility index (Phi) is 11.3. The molecule has 4 aromatic rings. The molecule has 1 aromatic heterocycles. The predicted octanol–water partition coefficient (Wildman–Crippen LogP) is 5.96. The van der Waals surface area contributed by atoms with E-state index in [4.69, 9.17) is 21.1 Å². The summed E-state index contributed by atoms with van der Waals surface area (Å²) >= 11 is 6.13. The number of carbonyl (C=O) groups is 3. The lowest BCUT2D eigenvalue weighted by atomic mass is 9.80. The molecule has 0 saturated carbocycles. The van der Waals surface area contributed by atoms with E-state index in [0.717, 1.165) is 37.9 Å². The second-order valence-electron chi connectivity index (χ2n) is 13.4. The average Bonchev–Trinajstić information content (AvgIpc) is 3.67. The number of carbonyl (C=O) groups excluding carboxylic acids is 3. The molecule has 0 aliphatic carbocycles. The van der Waals surface area contributed by atoms with Gasteiger partial charge in [0, 0.05) is 28.4 Å². The molecule has 0 bridgehead atoms. The third kappa shape index (κ3) is 8.00. The summed E-state index contributed by atoms with van der Waals surface area (Å²) in [5.41, 5.74) is 1.58. The second kappa shape index (κ2) is 16.0. The van der Waals surface area contributed by atoms with Gasteiger partial charge in [0.1, 0.15) is 18.1 Å². The van der Waals surface area contributed by atoms with Crippen LogP contribution in [-0.4, -0.2) is 74.7 Å². The van der Waals surface area contributed by atoms with Crippen LogP contribution in [0.4, 0.5) is 10.1 Å². The van der Waals surface area contributed by atoms with Crippen LogP contribution in [0, 0.1) is 11.7 Å². The number of tetrazole rings is 1. The first-order valence-corrected chi connectivity index (χ1v) is 17.7. The van der Waals surface area contributed by atoms with Gasteiger partial charge in [-0.2, -0.15) is 4.68 Å². The first-order chi connectivity index (χ1) is 25.1. The number of nitrogens with one attached hydrogen (secondary N) is 2. The monoisotopic (exact) mass is 729 g/mol. The summed E-state index contributed by atoms with van der Waals surface area (Å²) in [6, 6.07) is 13.7. The van der Waals surface area contributed by atoms with Crippen molar-refractivity contribution < 1.29 is 28.2 Å². The summed E-state index contributed by atoms with van der Waals surface area (Å²) < 4.78 is 28.2. The van der Waals surface area contributed by atoms with E-state index in [2.05, 4.69) is 26.2 Å². The van der Waals surface area contributed by atoms with E-state index in [-0.39, 0.29) is 22.9 Å². The normalized spacial score (nSPS) is 17.1. The number of hydrogen-bond donors (Lipinski definition) is 2. The maximum absolute atomic E-state index is 15.4. The molecular formula is C38H41ClFN7O5. The van der Waals surface area contributed by atoms with Crippen molar-refractivity contribution in [2.24, 2.45) is 5.92 Å². The van der Waals surface area contributed by atoms with Gasteiger partial charge in [0.25, 0.3) is 5.91 Å². The molecule has 3 aromatic carbocycles. The number of piperidine rings is 1. The maximum atomic E-state index is 15.4. The van der Waals surface area contributed by atoms with E-state index in [1.807, 2.05) is 32.0 Å². The first-order valence-electron chi connectivity index (χ1n) is 17.3. The summed E-state index contributed by atoms with van der Waals surface area (Å²) in [5.74, 6) is -0.988. The number of esters is 1. The van der Waals surface area contributed by atoms with Crippen molar-refractivity contribution in [2.75, 3.05) is 31.6 Å². The summed E-state index contributed by atoms with van der Waals surface area (Å²) in [6.07, 6.45) is 7.37. The number of aromatic nitrogens is 4. The Morgan fingerprint density at radius 1 is 1.10 bits per heavy atom. The molecule has 52 heavy (non-hydrogen) atoms. The first kappa shape index (κ1) is 36.6. The number of halogens is 2. The van der Waals surface area contributed by atoms with Crippen LogP contribution in [0.3, 0.4) is 0 Å². The molecule has 1 saturated heterocycles. The van der Waals surface area contributed by atoms with Gasteiger partial charge in [-0.05, 0) is 130 Å². The molecule has 2 aliphatic heterocycles. The molecule has 2 aliphatic rings. The molecule has 272 valence electrons. The Labute approximate surface area is 306 Å². The topological polar surface area (TPSA) is 141 Å². The highest BCUT2D eigenvalue weighted by Gasteiger charge is 2.46. The fourth-order valence-corrected chi connectivity index (χ4v) is 7.06. The van der Waals surface area contributed by atoms with Crippen molar-refractivity contribution >= 4 is 41.1 Å². The SMILES string of the molecule is CCOC(=O)c1ccc(NC(=O)C2c3cccc(OCCC4CCNCC4)c3CC(C)(C)N2C(=O)C=Cc2c(-n3cnnn3)ccc(Cl)c2F)cc1. The van der Waals surface area contributed by atoms with Crippen LogP contribution in [-0.2, 0) is 20.7 Å². The van der Waals surface area contributed by atoms with E-state index in [0.29, 0.717) is 41.5 Å². The number of amides is 2. The van der Waals surface area contributed by atoms with E-state index in [1.54, 1.807) is 37.3 Å². The molecule has 2 amide bonds. The summed E-state index contributed by atoms with van der Waals surface area (Å²) in [5, 5.41) is 17.3. The molecule has 1 atom stereocenters. The summed E-state index contributed by atoms with van der Waals surface area (Å²) in [4.78, 5) is 42.5. The number of rotatable bonds is 11. The van der Waals surface area contributed by atoms with Crippen molar-refractivity contribution in [3.05, 3.63) is 100 Å². The van der Waals surface area contributed by atoms with Crippen LogP contribution < -0.4 is 15.4 Å². The number of hydrogen-bond acceptors (Lipinski definition) is 9. The van der Waals surface area contributed by atoms with Gasteiger partial charge in [0.2, 0.25) is 5.91 Å². The molecule has 12 nitrogen and oxygen atoms in total. The number of benzene rings is 3. The van der Waals surface area contributed by atoms with Crippen molar-refractivity contribution in [1.82, 2.24) is 30.4 Å². The van der Waals surface area contributed by atoms with Gasteiger partial charge in [0.15, 0.2) is 5.82 Å². The summed E-state index contributed by atoms with van der Waals surface area (Å²) in [7, 11) is 0. The van der Waals surface area contributed by atoms with E-state index >= 15 is 4.39 Å². The molecule has 3 heterocycles.